The number of aliphatic carboxylic acids is 1. The van der Waals surface area contributed by atoms with Crippen LogP contribution in [0.3, 0.4) is 0 Å². The standard InChI is InChI=1S/C17H23NO2/c19-17(20)11-16(15-5-6-15)14-3-1-12(2-4-14)13-7-9-18-10-8-13/h1-4,13,15-16,18H,5-11H2,(H,19,20). The number of carbonyl (C=O) groups is 1. The maximum Gasteiger partial charge on any atom is 0.303 e. The van der Waals surface area contributed by atoms with E-state index in [0.717, 1.165) is 13.1 Å². The molecule has 2 aliphatic rings. The lowest BCUT2D eigenvalue weighted by Gasteiger charge is -2.23. The van der Waals surface area contributed by atoms with Crippen LogP contribution in [0.15, 0.2) is 24.3 Å². The Kier molecular flexibility index (Phi) is 4.06. The van der Waals surface area contributed by atoms with Gasteiger partial charge in [-0.15, -0.1) is 0 Å². The van der Waals surface area contributed by atoms with E-state index in [9.17, 15) is 4.79 Å². The Morgan fingerprint density at radius 1 is 1.15 bits per heavy atom. The molecule has 2 fully saturated rings. The normalized spacial score (nSPS) is 21.6. The summed E-state index contributed by atoms with van der Waals surface area (Å²) in [4.78, 5) is 11.0. The van der Waals surface area contributed by atoms with Gasteiger partial charge in [-0.1, -0.05) is 24.3 Å². The van der Waals surface area contributed by atoms with Gasteiger partial charge in [-0.3, -0.25) is 4.79 Å². The van der Waals surface area contributed by atoms with E-state index in [4.69, 9.17) is 5.11 Å². The van der Waals surface area contributed by atoms with Crippen LogP contribution in [0.1, 0.15) is 55.1 Å². The minimum absolute atomic E-state index is 0.217. The first-order chi connectivity index (χ1) is 9.74. The predicted octanol–water partition coefficient (Wildman–Crippen LogP) is 3.12. The molecule has 20 heavy (non-hydrogen) atoms. The fraction of sp³-hybridized carbons (Fsp3) is 0.588. The Bertz CT molecular complexity index is 458. The molecule has 1 saturated heterocycles. The molecule has 0 aromatic heterocycles. The lowest BCUT2D eigenvalue weighted by molar-refractivity contribution is -0.137. The predicted molar refractivity (Wildman–Crippen MR) is 79.0 cm³/mol. The largest absolute Gasteiger partial charge is 0.481 e. The Balaban J connectivity index is 1.72. The molecule has 1 saturated carbocycles. The van der Waals surface area contributed by atoms with Crippen molar-refractivity contribution >= 4 is 5.97 Å². The molecule has 1 aliphatic carbocycles. The minimum Gasteiger partial charge on any atom is -0.481 e. The summed E-state index contributed by atoms with van der Waals surface area (Å²) >= 11 is 0. The molecular formula is C17H23NO2. The van der Waals surface area contributed by atoms with E-state index < -0.39 is 5.97 Å². The lowest BCUT2D eigenvalue weighted by Crippen LogP contribution is -2.26. The molecule has 1 atom stereocenters. The molecule has 3 heteroatoms. The SMILES string of the molecule is O=C(O)CC(c1ccc(C2CCNCC2)cc1)C1CC1. The van der Waals surface area contributed by atoms with Crippen molar-refractivity contribution in [3.05, 3.63) is 35.4 Å². The van der Waals surface area contributed by atoms with Crippen LogP contribution in [0.25, 0.3) is 0 Å². The second kappa shape index (κ2) is 5.96. The highest BCUT2D eigenvalue weighted by molar-refractivity contribution is 5.68. The second-order valence-electron chi connectivity index (χ2n) is 6.23. The maximum atomic E-state index is 11.0. The average molecular weight is 273 g/mol. The number of carboxylic acid groups (broad SMARTS) is 1. The van der Waals surface area contributed by atoms with Crippen LogP contribution in [0.5, 0.6) is 0 Å². The number of piperidine rings is 1. The van der Waals surface area contributed by atoms with E-state index in [1.807, 2.05) is 0 Å². The molecule has 3 nitrogen and oxygen atoms in total. The monoisotopic (exact) mass is 273 g/mol. The highest BCUT2D eigenvalue weighted by Gasteiger charge is 2.33. The summed E-state index contributed by atoms with van der Waals surface area (Å²) in [5.41, 5.74) is 2.63. The fourth-order valence-electron chi connectivity index (χ4n) is 3.41. The van der Waals surface area contributed by atoms with E-state index in [2.05, 4.69) is 29.6 Å². The van der Waals surface area contributed by atoms with E-state index in [1.165, 1.54) is 36.8 Å². The zero-order chi connectivity index (χ0) is 13.9. The quantitative estimate of drug-likeness (QED) is 0.866. The fourth-order valence-corrected chi connectivity index (χ4v) is 3.41. The van der Waals surface area contributed by atoms with Gasteiger partial charge in [-0.2, -0.15) is 0 Å². The van der Waals surface area contributed by atoms with Crippen molar-refractivity contribution < 1.29 is 9.90 Å². The molecule has 2 N–H and O–H groups in total. The first-order valence-corrected chi connectivity index (χ1v) is 7.76. The van der Waals surface area contributed by atoms with Gasteiger partial charge >= 0.3 is 5.97 Å². The maximum absolute atomic E-state index is 11.0. The molecule has 3 rings (SSSR count). The molecule has 1 aliphatic heterocycles. The van der Waals surface area contributed by atoms with E-state index in [1.54, 1.807) is 0 Å². The topological polar surface area (TPSA) is 49.3 Å². The van der Waals surface area contributed by atoms with Gasteiger partial charge in [0.2, 0.25) is 0 Å². The van der Waals surface area contributed by atoms with E-state index >= 15 is 0 Å². The summed E-state index contributed by atoms with van der Waals surface area (Å²) in [6, 6.07) is 8.79. The van der Waals surface area contributed by atoms with Gasteiger partial charge in [0.25, 0.3) is 0 Å². The first-order valence-electron chi connectivity index (χ1n) is 7.76. The molecule has 0 spiro atoms. The average Bonchev–Trinajstić information content (AvgIpc) is 3.30. The zero-order valence-electron chi connectivity index (χ0n) is 11.8. The molecule has 108 valence electrons. The minimum atomic E-state index is -0.677. The highest BCUT2D eigenvalue weighted by atomic mass is 16.4. The molecule has 0 radical (unpaired) electrons. The van der Waals surface area contributed by atoms with Crippen molar-refractivity contribution in [1.29, 1.82) is 0 Å². The van der Waals surface area contributed by atoms with Crippen molar-refractivity contribution in [2.45, 2.75) is 43.9 Å². The molecule has 1 aromatic rings. The Morgan fingerprint density at radius 3 is 2.35 bits per heavy atom. The van der Waals surface area contributed by atoms with Crippen LogP contribution in [0, 0.1) is 5.92 Å². The smallest absolute Gasteiger partial charge is 0.303 e. The van der Waals surface area contributed by atoms with Gasteiger partial charge in [0.15, 0.2) is 0 Å². The van der Waals surface area contributed by atoms with Crippen LogP contribution in [-0.2, 0) is 4.79 Å². The number of hydrogen-bond acceptors (Lipinski definition) is 2. The third-order valence-corrected chi connectivity index (χ3v) is 4.76. The third-order valence-electron chi connectivity index (χ3n) is 4.76. The molecule has 1 aromatic carbocycles. The first kappa shape index (κ1) is 13.6. The Labute approximate surface area is 120 Å². The molecular weight excluding hydrogens is 250 g/mol. The van der Waals surface area contributed by atoms with E-state index in [-0.39, 0.29) is 12.3 Å². The summed E-state index contributed by atoms with van der Waals surface area (Å²) in [7, 11) is 0. The van der Waals surface area contributed by atoms with Crippen molar-refractivity contribution in [3.8, 4) is 0 Å². The van der Waals surface area contributed by atoms with Gasteiger partial charge in [0, 0.05) is 0 Å². The molecule has 0 amide bonds. The van der Waals surface area contributed by atoms with Gasteiger partial charge in [-0.25, -0.2) is 0 Å². The van der Waals surface area contributed by atoms with Gasteiger partial charge in [0.05, 0.1) is 6.42 Å². The number of hydrogen-bond donors (Lipinski definition) is 2. The van der Waals surface area contributed by atoms with Gasteiger partial charge < -0.3 is 10.4 Å². The summed E-state index contributed by atoms with van der Waals surface area (Å²) in [5, 5.41) is 12.5. The summed E-state index contributed by atoms with van der Waals surface area (Å²) < 4.78 is 0. The van der Waals surface area contributed by atoms with Crippen molar-refractivity contribution in [2.24, 2.45) is 5.92 Å². The summed E-state index contributed by atoms with van der Waals surface area (Å²) in [6.07, 6.45) is 5.07. The third kappa shape index (κ3) is 3.21. The van der Waals surface area contributed by atoms with Crippen molar-refractivity contribution in [3.63, 3.8) is 0 Å². The molecule has 1 unspecified atom stereocenters. The van der Waals surface area contributed by atoms with Crippen LogP contribution in [-0.4, -0.2) is 24.2 Å². The van der Waals surface area contributed by atoms with Crippen LogP contribution < -0.4 is 5.32 Å². The summed E-state index contributed by atoms with van der Waals surface area (Å²) in [6.45, 7) is 2.21. The van der Waals surface area contributed by atoms with Crippen molar-refractivity contribution in [1.82, 2.24) is 5.32 Å². The number of nitrogens with one attached hydrogen (secondary N) is 1. The summed E-state index contributed by atoms with van der Waals surface area (Å²) in [5.74, 6) is 0.805. The molecule has 0 bridgehead atoms. The highest BCUT2D eigenvalue weighted by Crippen LogP contribution is 2.44. The van der Waals surface area contributed by atoms with Crippen LogP contribution >= 0.6 is 0 Å². The van der Waals surface area contributed by atoms with Crippen LogP contribution in [0.4, 0.5) is 0 Å². The zero-order valence-corrected chi connectivity index (χ0v) is 11.8. The second-order valence-corrected chi connectivity index (χ2v) is 6.23. The number of rotatable bonds is 5. The Hall–Kier alpha value is -1.35. The van der Waals surface area contributed by atoms with Crippen molar-refractivity contribution in [2.75, 3.05) is 13.1 Å². The lowest BCUT2D eigenvalue weighted by atomic mass is 9.86. The van der Waals surface area contributed by atoms with Gasteiger partial charge in [-0.05, 0) is 67.7 Å². The van der Waals surface area contributed by atoms with Gasteiger partial charge in [0.1, 0.15) is 0 Å². The van der Waals surface area contributed by atoms with Crippen LogP contribution in [0.2, 0.25) is 0 Å². The number of benzene rings is 1. The number of carboxylic acids is 1. The Morgan fingerprint density at radius 2 is 1.80 bits per heavy atom. The van der Waals surface area contributed by atoms with E-state index in [0.29, 0.717) is 11.8 Å². The molecule has 1 heterocycles.